The standard InChI is InChI=1S/C13H33NO3Si2/c1-8-14(9-2)19(16-10-3,17-11-4)13-12-18(6,7)15-5/h8-13H2,1-7H3. The summed E-state index contributed by atoms with van der Waals surface area (Å²) < 4.78 is 20.4. The Morgan fingerprint density at radius 3 is 1.63 bits per heavy atom. The Hall–Kier alpha value is 0.274. The van der Waals surface area contributed by atoms with Crippen LogP contribution in [0.2, 0.25) is 25.2 Å². The second kappa shape index (κ2) is 9.25. The molecule has 4 nitrogen and oxygen atoms in total. The monoisotopic (exact) mass is 307 g/mol. The van der Waals surface area contributed by atoms with Crippen LogP contribution in [0, 0.1) is 0 Å². The molecule has 6 heteroatoms. The number of rotatable bonds is 11. The van der Waals surface area contributed by atoms with Crippen molar-refractivity contribution in [2.45, 2.75) is 52.9 Å². The van der Waals surface area contributed by atoms with Gasteiger partial charge in [0.15, 0.2) is 8.32 Å². The first-order valence-electron chi connectivity index (χ1n) is 7.49. The summed E-state index contributed by atoms with van der Waals surface area (Å²) in [5.41, 5.74) is 0. The van der Waals surface area contributed by atoms with E-state index in [-0.39, 0.29) is 0 Å². The summed E-state index contributed by atoms with van der Waals surface area (Å²) in [7, 11) is -2.00. The van der Waals surface area contributed by atoms with Gasteiger partial charge in [0.1, 0.15) is 0 Å². The second-order valence-electron chi connectivity index (χ2n) is 5.21. The fourth-order valence-corrected chi connectivity index (χ4v) is 9.04. The molecule has 116 valence electrons. The molecule has 0 aromatic carbocycles. The van der Waals surface area contributed by atoms with Crippen LogP contribution in [0.5, 0.6) is 0 Å². The number of hydrogen-bond donors (Lipinski definition) is 0. The maximum atomic E-state index is 6.16. The highest BCUT2D eigenvalue weighted by Crippen LogP contribution is 2.26. The van der Waals surface area contributed by atoms with Crippen molar-refractivity contribution in [2.24, 2.45) is 0 Å². The molecule has 0 amide bonds. The summed E-state index contributed by atoms with van der Waals surface area (Å²) in [5.74, 6) is 0. The average molecular weight is 308 g/mol. The maximum Gasteiger partial charge on any atom is 0.427 e. The third-order valence-corrected chi connectivity index (χ3v) is 10.6. The minimum absolute atomic E-state index is 0.720. The van der Waals surface area contributed by atoms with E-state index in [0.717, 1.165) is 38.4 Å². The average Bonchev–Trinajstić information content (AvgIpc) is 2.38. The largest absolute Gasteiger partial charge is 0.427 e. The van der Waals surface area contributed by atoms with Gasteiger partial charge in [-0.15, -0.1) is 0 Å². The van der Waals surface area contributed by atoms with Gasteiger partial charge < -0.3 is 13.3 Å². The lowest BCUT2D eigenvalue weighted by molar-refractivity contribution is 0.124. The molecule has 0 saturated carbocycles. The highest BCUT2D eigenvalue weighted by molar-refractivity contribution is 6.74. The summed E-state index contributed by atoms with van der Waals surface area (Å²) >= 11 is 0. The van der Waals surface area contributed by atoms with Crippen molar-refractivity contribution in [1.29, 1.82) is 0 Å². The molecule has 0 aliphatic rings. The lowest BCUT2D eigenvalue weighted by Crippen LogP contribution is -2.59. The summed E-state index contributed by atoms with van der Waals surface area (Å²) in [6, 6.07) is 2.09. The van der Waals surface area contributed by atoms with Gasteiger partial charge in [-0.25, -0.2) is 0 Å². The maximum absolute atomic E-state index is 6.16. The summed E-state index contributed by atoms with van der Waals surface area (Å²) in [6.07, 6.45) is 0. The van der Waals surface area contributed by atoms with Gasteiger partial charge in [-0.2, -0.15) is 0 Å². The smallest absolute Gasteiger partial charge is 0.420 e. The van der Waals surface area contributed by atoms with Crippen molar-refractivity contribution in [3.05, 3.63) is 0 Å². The van der Waals surface area contributed by atoms with E-state index in [4.69, 9.17) is 13.3 Å². The molecule has 19 heavy (non-hydrogen) atoms. The Balaban J connectivity index is 4.99. The van der Waals surface area contributed by atoms with Crippen molar-refractivity contribution in [3.8, 4) is 0 Å². The molecule has 0 fully saturated rings. The van der Waals surface area contributed by atoms with E-state index >= 15 is 0 Å². The third-order valence-electron chi connectivity index (χ3n) is 3.58. The van der Waals surface area contributed by atoms with Crippen LogP contribution in [0.1, 0.15) is 27.7 Å². The molecule has 0 unspecified atom stereocenters. The SMILES string of the molecule is CCO[Si](CC[Si](C)(C)OC)(OCC)N(CC)CC. The fraction of sp³-hybridized carbons (Fsp3) is 1.00. The van der Waals surface area contributed by atoms with Gasteiger partial charge in [0.05, 0.1) is 0 Å². The molecule has 0 aliphatic heterocycles. The molecule has 0 bridgehead atoms. The van der Waals surface area contributed by atoms with Crippen LogP contribution in [0.25, 0.3) is 0 Å². The summed E-state index contributed by atoms with van der Waals surface area (Å²) in [4.78, 5) is 0. The molecule has 0 N–H and O–H groups in total. The normalized spacial score (nSPS) is 13.3. The lowest BCUT2D eigenvalue weighted by atomic mass is 10.7. The number of hydrogen-bond acceptors (Lipinski definition) is 4. The first-order valence-corrected chi connectivity index (χ1v) is 12.6. The van der Waals surface area contributed by atoms with Crippen LogP contribution >= 0.6 is 0 Å². The van der Waals surface area contributed by atoms with Gasteiger partial charge in [-0.05, 0) is 46.1 Å². The predicted octanol–water partition coefficient (Wildman–Crippen LogP) is 3.19. The molecule has 0 aromatic rings. The third kappa shape index (κ3) is 6.05. The Morgan fingerprint density at radius 2 is 1.32 bits per heavy atom. The van der Waals surface area contributed by atoms with E-state index in [1.165, 1.54) is 0 Å². The predicted molar refractivity (Wildman–Crippen MR) is 86.0 cm³/mol. The topological polar surface area (TPSA) is 30.9 Å². The van der Waals surface area contributed by atoms with Crippen molar-refractivity contribution < 1.29 is 13.3 Å². The summed E-state index contributed by atoms with van der Waals surface area (Å²) in [6.45, 7) is 16.4. The van der Waals surface area contributed by atoms with Crippen molar-refractivity contribution >= 4 is 17.0 Å². The Bertz CT molecular complexity index is 230. The molecule has 0 aromatic heterocycles. The van der Waals surface area contributed by atoms with Crippen molar-refractivity contribution in [3.63, 3.8) is 0 Å². The quantitative estimate of drug-likeness (QED) is 0.549. The molecule has 0 spiro atoms. The van der Waals surface area contributed by atoms with E-state index in [2.05, 4.69) is 45.4 Å². The minimum Gasteiger partial charge on any atom is -0.420 e. The molecule has 0 rings (SSSR count). The minimum atomic E-state index is -2.26. The highest BCUT2D eigenvalue weighted by Gasteiger charge is 2.44. The zero-order valence-corrected chi connectivity index (χ0v) is 15.9. The highest BCUT2D eigenvalue weighted by atomic mass is 28.4. The van der Waals surface area contributed by atoms with Gasteiger partial charge in [0.2, 0.25) is 0 Å². The van der Waals surface area contributed by atoms with Crippen LogP contribution in [0.15, 0.2) is 0 Å². The van der Waals surface area contributed by atoms with E-state index < -0.39 is 17.0 Å². The Kier molecular flexibility index (Phi) is 9.39. The zero-order valence-electron chi connectivity index (χ0n) is 13.9. The molecule has 0 radical (unpaired) electrons. The van der Waals surface area contributed by atoms with Crippen LogP contribution in [0.4, 0.5) is 0 Å². The summed E-state index contributed by atoms with van der Waals surface area (Å²) in [5, 5.41) is 0. The van der Waals surface area contributed by atoms with E-state index in [0.29, 0.717) is 0 Å². The molecule has 0 heterocycles. The van der Waals surface area contributed by atoms with Gasteiger partial charge in [0, 0.05) is 26.4 Å². The molecule has 0 aliphatic carbocycles. The van der Waals surface area contributed by atoms with E-state index in [1.54, 1.807) is 0 Å². The van der Waals surface area contributed by atoms with Crippen LogP contribution in [0.3, 0.4) is 0 Å². The van der Waals surface area contributed by atoms with Gasteiger partial charge in [0.25, 0.3) is 0 Å². The van der Waals surface area contributed by atoms with Crippen LogP contribution in [-0.2, 0) is 13.3 Å². The molecule has 0 atom stereocenters. The van der Waals surface area contributed by atoms with Gasteiger partial charge in [-0.3, -0.25) is 4.57 Å². The van der Waals surface area contributed by atoms with E-state index in [9.17, 15) is 0 Å². The molecular weight excluding hydrogens is 274 g/mol. The lowest BCUT2D eigenvalue weighted by Gasteiger charge is -2.39. The second-order valence-corrected chi connectivity index (χ2v) is 12.8. The first kappa shape index (κ1) is 19.3. The fourth-order valence-electron chi connectivity index (χ4n) is 2.24. The molecular formula is C13H33NO3Si2. The zero-order chi connectivity index (χ0) is 14.9. The van der Waals surface area contributed by atoms with Crippen molar-refractivity contribution in [2.75, 3.05) is 33.4 Å². The van der Waals surface area contributed by atoms with Gasteiger partial charge in [-0.1, -0.05) is 13.8 Å². The molecule has 0 saturated heterocycles. The van der Waals surface area contributed by atoms with E-state index in [1.807, 2.05) is 7.11 Å². The Labute approximate surface area is 121 Å². The van der Waals surface area contributed by atoms with Crippen molar-refractivity contribution in [1.82, 2.24) is 4.57 Å². The van der Waals surface area contributed by atoms with Gasteiger partial charge >= 0.3 is 8.72 Å². The number of nitrogens with zero attached hydrogens (tertiary/aromatic N) is 1. The first-order chi connectivity index (χ1) is 8.91. The van der Waals surface area contributed by atoms with Crippen LogP contribution < -0.4 is 0 Å². The van der Waals surface area contributed by atoms with Crippen LogP contribution in [-0.4, -0.2) is 55.0 Å². The Morgan fingerprint density at radius 1 is 0.842 bits per heavy atom.